The predicted octanol–water partition coefficient (Wildman–Crippen LogP) is 4.15. The number of hydrogen-bond acceptors (Lipinski definition) is 3. The average molecular weight is 271 g/mol. The van der Waals surface area contributed by atoms with Gasteiger partial charge in [0.25, 0.3) is 5.70 Å². The van der Waals surface area contributed by atoms with E-state index in [4.69, 9.17) is 0 Å². The molecule has 19 heavy (non-hydrogen) atoms. The van der Waals surface area contributed by atoms with Gasteiger partial charge in [-0.05, 0) is 24.0 Å². The monoisotopic (exact) mass is 271 g/mol. The van der Waals surface area contributed by atoms with Crippen LogP contribution in [-0.4, -0.2) is 11.2 Å². The summed E-state index contributed by atoms with van der Waals surface area (Å²) < 4.78 is 0. The molecule has 0 aliphatic rings. The lowest BCUT2D eigenvalue weighted by Crippen LogP contribution is -2.01. The van der Waals surface area contributed by atoms with Crippen LogP contribution in [0.4, 0.5) is 0 Å². The molecule has 0 N–H and O–H groups in total. The maximum absolute atomic E-state index is 11.4. The van der Waals surface area contributed by atoms with Crippen molar-refractivity contribution in [1.82, 2.24) is 0 Å². The molecule has 0 radical (unpaired) electrons. The molecule has 0 aromatic heterocycles. The summed E-state index contributed by atoms with van der Waals surface area (Å²) in [6, 6.07) is 18.4. The zero-order valence-corrected chi connectivity index (χ0v) is 11.3. The van der Waals surface area contributed by atoms with Crippen LogP contribution in [0.25, 0.3) is 10.6 Å². The molecule has 0 unspecified atom stereocenters. The molecule has 2 aromatic rings. The van der Waals surface area contributed by atoms with E-state index in [0.717, 1.165) is 5.56 Å². The summed E-state index contributed by atoms with van der Waals surface area (Å²) >= 11 is 1.39. The highest BCUT2D eigenvalue weighted by molar-refractivity contribution is 8.07. The second-order valence-electron chi connectivity index (χ2n) is 3.87. The fourth-order valence-electron chi connectivity index (χ4n) is 1.86. The minimum Gasteiger partial charge on any atom is -0.258 e. The number of thioether (sulfide) groups is 1. The van der Waals surface area contributed by atoms with Crippen molar-refractivity contribution >= 4 is 22.4 Å². The van der Waals surface area contributed by atoms with Gasteiger partial charge in [0.2, 0.25) is 0 Å². The van der Waals surface area contributed by atoms with E-state index in [1.165, 1.54) is 11.8 Å². The summed E-state index contributed by atoms with van der Waals surface area (Å²) in [4.78, 5) is 11.8. The molecule has 0 saturated heterocycles. The molecule has 4 heteroatoms. The number of nitro groups is 1. The molecular formula is C15H13NO2S. The lowest BCUT2D eigenvalue weighted by atomic mass is 10.1. The highest BCUT2D eigenvalue weighted by Gasteiger charge is 2.21. The second kappa shape index (κ2) is 6.20. The van der Waals surface area contributed by atoms with Crippen molar-refractivity contribution in [3.63, 3.8) is 0 Å². The van der Waals surface area contributed by atoms with E-state index in [2.05, 4.69) is 0 Å². The molecule has 0 aliphatic carbocycles. The molecule has 2 aromatic carbocycles. The number of benzene rings is 2. The van der Waals surface area contributed by atoms with Gasteiger partial charge in [-0.2, -0.15) is 0 Å². The van der Waals surface area contributed by atoms with E-state index in [1.54, 1.807) is 12.1 Å². The Hall–Kier alpha value is -2.07. The largest absolute Gasteiger partial charge is 0.290 e. The van der Waals surface area contributed by atoms with Gasteiger partial charge in [0, 0.05) is 0 Å². The smallest absolute Gasteiger partial charge is 0.258 e. The van der Waals surface area contributed by atoms with Crippen LogP contribution < -0.4 is 0 Å². The zero-order chi connectivity index (χ0) is 13.7. The summed E-state index contributed by atoms with van der Waals surface area (Å²) in [6.07, 6.45) is 1.86. The number of nitrogens with zero attached hydrogens (tertiary/aromatic N) is 1. The van der Waals surface area contributed by atoms with Crippen LogP contribution in [0.3, 0.4) is 0 Å². The fourth-order valence-corrected chi connectivity index (χ4v) is 2.61. The molecule has 0 atom stereocenters. The Labute approximate surface area is 116 Å². The van der Waals surface area contributed by atoms with Crippen molar-refractivity contribution in [3.8, 4) is 0 Å². The number of hydrogen-bond donors (Lipinski definition) is 0. The molecular weight excluding hydrogens is 258 g/mol. The molecule has 3 nitrogen and oxygen atoms in total. The molecule has 0 aliphatic heterocycles. The van der Waals surface area contributed by atoms with E-state index < -0.39 is 0 Å². The third-order valence-electron chi connectivity index (χ3n) is 2.68. The highest BCUT2D eigenvalue weighted by Crippen LogP contribution is 2.34. The Kier molecular flexibility index (Phi) is 4.36. The van der Waals surface area contributed by atoms with Crippen molar-refractivity contribution < 1.29 is 4.92 Å². The Balaban J connectivity index is 2.64. The third-order valence-corrected chi connectivity index (χ3v) is 3.52. The lowest BCUT2D eigenvalue weighted by molar-refractivity contribution is -0.374. The van der Waals surface area contributed by atoms with E-state index in [-0.39, 0.29) is 10.6 Å². The van der Waals surface area contributed by atoms with Crippen LogP contribution in [0.5, 0.6) is 0 Å². The minimum atomic E-state index is -0.311. The van der Waals surface area contributed by atoms with Crippen molar-refractivity contribution in [2.75, 3.05) is 6.26 Å². The van der Waals surface area contributed by atoms with Gasteiger partial charge in [0.1, 0.15) is 0 Å². The van der Waals surface area contributed by atoms with Crippen LogP contribution >= 0.6 is 11.8 Å². The third kappa shape index (κ3) is 3.03. The average Bonchev–Trinajstić information content (AvgIpc) is 2.46. The van der Waals surface area contributed by atoms with Crippen LogP contribution in [-0.2, 0) is 0 Å². The first kappa shape index (κ1) is 13.4. The maximum Gasteiger partial charge on any atom is 0.290 e. The molecule has 0 heterocycles. The van der Waals surface area contributed by atoms with Gasteiger partial charge < -0.3 is 0 Å². The quantitative estimate of drug-likeness (QED) is 0.476. The van der Waals surface area contributed by atoms with Gasteiger partial charge in [-0.25, -0.2) is 0 Å². The highest BCUT2D eigenvalue weighted by atomic mass is 32.2. The molecule has 0 amide bonds. The van der Waals surface area contributed by atoms with Crippen molar-refractivity contribution in [2.24, 2.45) is 0 Å². The van der Waals surface area contributed by atoms with Gasteiger partial charge in [0.05, 0.1) is 15.4 Å². The van der Waals surface area contributed by atoms with Crippen LogP contribution in [0.2, 0.25) is 0 Å². The van der Waals surface area contributed by atoms with Crippen LogP contribution in [0.15, 0.2) is 60.7 Å². The molecule has 0 fully saturated rings. The Morgan fingerprint density at radius 1 is 0.947 bits per heavy atom. The molecule has 2 rings (SSSR count). The van der Waals surface area contributed by atoms with E-state index in [9.17, 15) is 10.1 Å². The maximum atomic E-state index is 11.4. The van der Waals surface area contributed by atoms with E-state index in [0.29, 0.717) is 10.5 Å². The van der Waals surface area contributed by atoms with Gasteiger partial charge >= 0.3 is 0 Å². The zero-order valence-electron chi connectivity index (χ0n) is 10.4. The van der Waals surface area contributed by atoms with Gasteiger partial charge in [-0.15, -0.1) is 11.8 Å². The Morgan fingerprint density at radius 2 is 1.42 bits per heavy atom. The Morgan fingerprint density at radius 3 is 1.84 bits per heavy atom. The minimum absolute atomic E-state index is 0.152. The summed E-state index contributed by atoms with van der Waals surface area (Å²) in [5.41, 5.74) is 1.64. The molecule has 96 valence electrons. The van der Waals surface area contributed by atoms with E-state index >= 15 is 0 Å². The van der Waals surface area contributed by atoms with Crippen LogP contribution in [0, 0.1) is 10.1 Å². The van der Waals surface area contributed by atoms with Gasteiger partial charge in [-0.3, -0.25) is 10.1 Å². The number of rotatable bonds is 4. The van der Waals surface area contributed by atoms with Gasteiger partial charge in [0.15, 0.2) is 0 Å². The topological polar surface area (TPSA) is 43.1 Å². The normalized spacial score (nSPS) is 11.8. The van der Waals surface area contributed by atoms with Gasteiger partial charge in [-0.1, -0.05) is 48.5 Å². The van der Waals surface area contributed by atoms with Crippen molar-refractivity contribution in [3.05, 3.63) is 81.9 Å². The predicted molar refractivity (Wildman–Crippen MR) is 80.2 cm³/mol. The first-order valence-corrected chi connectivity index (χ1v) is 7.00. The lowest BCUT2D eigenvalue weighted by Gasteiger charge is -2.07. The summed E-state index contributed by atoms with van der Waals surface area (Å²) in [6.45, 7) is 0. The molecule has 0 bridgehead atoms. The Bertz CT molecular complexity index is 594. The molecule has 0 saturated carbocycles. The van der Waals surface area contributed by atoms with Crippen molar-refractivity contribution in [1.29, 1.82) is 0 Å². The standard InChI is InChI=1S/C15H13NO2S/c1-19-15(13-10-6-3-7-11-13)14(16(17)18)12-8-4-2-5-9-12/h2-11H,1H3/b15-14-. The SMILES string of the molecule is CS/C(=C(/c1ccccc1)[N+](=O)[O-])c1ccccc1. The first-order valence-electron chi connectivity index (χ1n) is 5.77. The van der Waals surface area contributed by atoms with E-state index in [1.807, 2.05) is 54.8 Å². The fraction of sp³-hybridized carbons (Fsp3) is 0.0667. The molecule has 0 spiro atoms. The summed E-state index contributed by atoms with van der Waals surface area (Å²) in [5.74, 6) is 0. The second-order valence-corrected chi connectivity index (χ2v) is 4.69. The first-order chi connectivity index (χ1) is 9.24. The van der Waals surface area contributed by atoms with Crippen LogP contribution in [0.1, 0.15) is 11.1 Å². The summed E-state index contributed by atoms with van der Waals surface area (Å²) in [5, 5.41) is 11.4. The summed E-state index contributed by atoms with van der Waals surface area (Å²) in [7, 11) is 0. The van der Waals surface area contributed by atoms with Crippen molar-refractivity contribution in [2.45, 2.75) is 0 Å².